The minimum atomic E-state index is -4.63. The van der Waals surface area contributed by atoms with Gasteiger partial charge in [0.1, 0.15) is 19.8 Å². The van der Waals surface area contributed by atoms with Crippen molar-refractivity contribution in [2.45, 2.75) is 309 Å². The molecule has 0 heterocycles. The molecule has 9 nitrogen and oxygen atoms in total. The molecule has 2 atom stereocenters. The normalized spacial score (nSPS) is 13.2. The summed E-state index contributed by atoms with van der Waals surface area (Å²) in [6.45, 7) is 4.32. The van der Waals surface area contributed by atoms with Gasteiger partial charge in [0, 0.05) is 12.8 Å². The number of nitrogens with zero attached hydrogens (tertiary/aromatic N) is 1. The third kappa shape index (κ3) is 54.2. The van der Waals surface area contributed by atoms with Crippen molar-refractivity contribution >= 4 is 19.8 Å². The summed E-state index contributed by atoms with van der Waals surface area (Å²) in [5, 5.41) is 0. The van der Waals surface area contributed by atoms with Crippen molar-refractivity contribution in [2.24, 2.45) is 0 Å². The molecule has 0 rings (SSSR count). The molecule has 0 radical (unpaired) electrons. The van der Waals surface area contributed by atoms with E-state index >= 15 is 0 Å². The Morgan fingerprint density at radius 3 is 0.955 bits per heavy atom. The van der Waals surface area contributed by atoms with E-state index in [2.05, 4.69) is 13.8 Å². The summed E-state index contributed by atoms with van der Waals surface area (Å²) in [6.07, 6.45) is 55.7. The summed E-state index contributed by atoms with van der Waals surface area (Å²) in [5.74, 6) is -0.809. The molecule has 0 saturated carbocycles. The second-order valence-electron chi connectivity index (χ2n) is 21.4. The van der Waals surface area contributed by atoms with Crippen LogP contribution in [-0.4, -0.2) is 70.0 Å². The fourth-order valence-corrected chi connectivity index (χ4v) is 9.57. The van der Waals surface area contributed by atoms with Gasteiger partial charge in [-0.25, -0.2) is 0 Å². The molecule has 0 bridgehead atoms. The first-order valence-electron chi connectivity index (χ1n) is 29.2. The molecule has 0 aliphatic rings. The molecular formula is C57H114NO8P. The number of quaternary nitrogens is 1. The molecule has 0 aromatic rings. The van der Waals surface area contributed by atoms with Gasteiger partial charge in [-0.15, -0.1) is 0 Å². The van der Waals surface area contributed by atoms with Crippen molar-refractivity contribution in [2.75, 3.05) is 47.5 Å². The molecular weight excluding hydrogens is 858 g/mol. The van der Waals surface area contributed by atoms with Gasteiger partial charge in [0.25, 0.3) is 7.82 Å². The lowest BCUT2D eigenvalue weighted by Crippen LogP contribution is -2.37. The van der Waals surface area contributed by atoms with Crippen LogP contribution in [0.3, 0.4) is 0 Å². The van der Waals surface area contributed by atoms with Crippen LogP contribution in [0.5, 0.6) is 0 Å². The van der Waals surface area contributed by atoms with Gasteiger partial charge in [-0.3, -0.25) is 14.2 Å². The lowest BCUT2D eigenvalue weighted by molar-refractivity contribution is -0.870. The number of hydrogen-bond acceptors (Lipinski definition) is 8. The van der Waals surface area contributed by atoms with Crippen molar-refractivity contribution < 1.29 is 42.1 Å². The number of rotatable bonds is 55. The number of likely N-dealkylation sites (N-methyl/N-ethyl adjacent to an activating group) is 1. The summed E-state index contributed by atoms with van der Waals surface area (Å²) < 4.78 is 34.2. The van der Waals surface area contributed by atoms with E-state index < -0.39 is 26.5 Å². The smallest absolute Gasteiger partial charge is 0.306 e. The van der Waals surface area contributed by atoms with Crippen LogP contribution in [0.2, 0.25) is 0 Å². The van der Waals surface area contributed by atoms with Crippen LogP contribution in [0, 0.1) is 0 Å². The van der Waals surface area contributed by atoms with E-state index in [0.717, 1.165) is 32.1 Å². The second-order valence-corrected chi connectivity index (χ2v) is 22.8. The largest absolute Gasteiger partial charge is 0.756 e. The Bertz CT molecular complexity index is 1100. The van der Waals surface area contributed by atoms with E-state index in [9.17, 15) is 19.0 Å². The maximum absolute atomic E-state index is 12.8. The van der Waals surface area contributed by atoms with Crippen molar-refractivity contribution in [1.82, 2.24) is 0 Å². The van der Waals surface area contributed by atoms with Crippen molar-refractivity contribution in [3.8, 4) is 0 Å². The highest BCUT2D eigenvalue weighted by atomic mass is 31.2. The highest BCUT2D eigenvalue weighted by Gasteiger charge is 2.22. The molecule has 10 heteroatoms. The Morgan fingerprint density at radius 1 is 0.403 bits per heavy atom. The Labute approximate surface area is 416 Å². The van der Waals surface area contributed by atoms with Gasteiger partial charge in [0.2, 0.25) is 0 Å². The fraction of sp³-hybridized carbons (Fsp3) is 0.965. The van der Waals surface area contributed by atoms with E-state index in [-0.39, 0.29) is 32.0 Å². The molecule has 0 N–H and O–H groups in total. The monoisotopic (exact) mass is 972 g/mol. The third-order valence-electron chi connectivity index (χ3n) is 13.4. The summed E-state index contributed by atoms with van der Waals surface area (Å²) >= 11 is 0. The highest BCUT2D eigenvalue weighted by molar-refractivity contribution is 7.45. The maximum Gasteiger partial charge on any atom is 0.306 e. The Balaban J connectivity index is 4.11. The van der Waals surface area contributed by atoms with Gasteiger partial charge in [-0.05, 0) is 12.8 Å². The lowest BCUT2D eigenvalue weighted by Gasteiger charge is -2.28. The van der Waals surface area contributed by atoms with E-state index in [1.165, 1.54) is 238 Å². The SMILES string of the molecule is CCCCCCCCCCCCCCCCCCCCCCCCC(=O)O[C@H](COC(=O)CCCCCCCCCCCCCCCCCCCCCCC)COP(=O)([O-])OCC[N+](C)(C)C. The first kappa shape index (κ1) is 66.0. The number of phosphoric acid groups is 1. The lowest BCUT2D eigenvalue weighted by atomic mass is 10.0. The molecule has 0 aliphatic heterocycles. The molecule has 1 unspecified atom stereocenters. The number of ether oxygens (including phenoxy) is 2. The van der Waals surface area contributed by atoms with E-state index in [1.807, 2.05) is 21.1 Å². The first-order chi connectivity index (χ1) is 32.5. The molecule has 0 aromatic heterocycles. The van der Waals surface area contributed by atoms with Crippen LogP contribution in [0.25, 0.3) is 0 Å². The van der Waals surface area contributed by atoms with Gasteiger partial charge in [-0.1, -0.05) is 277 Å². The topological polar surface area (TPSA) is 111 Å². The minimum absolute atomic E-state index is 0.0251. The molecule has 0 aliphatic carbocycles. The summed E-state index contributed by atoms with van der Waals surface area (Å²) in [7, 11) is 1.19. The van der Waals surface area contributed by atoms with Crippen molar-refractivity contribution in [3.05, 3.63) is 0 Å². The van der Waals surface area contributed by atoms with Gasteiger partial charge >= 0.3 is 11.9 Å². The quantitative estimate of drug-likeness (QED) is 0.0256. The van der Waals surface area contributed by atoms with Crippen LogP contribution in [0.15, 0.2) is 0 Å². The van der Waals surface area contributed by atoms with Crippen LogP contribution in [-0.2, 0) is 32.7 Å². The Kier molecular flexibility index (Phi) is 49.2. The average Bonchev–Trinajstić information content (AvgIpc) is 3.29. The van der Waals surface area contributed by atoms with Gasteiger partial charge in [0.05, 0.1) is 27.7 Å². The molecule has 0 saturated heterocycles. The second kappa shape index (κ2) is 50.0. The number of carbonyl (C=O) groups excluding carboxylic acids is 2. The zero-order chi connectivity index (χ0) is 49.2. The summed E-state index contributed by atoms with van der Waals surface area (Å²) in [4.78, 5) is 37.9. The van der Waals surface area contributed by atoms with E-state index in [1.54, 1.807) is 0 Å². The van der Waals surface area contributed by atoms with Crippen molar-refractivity contribution in [3.63, 3.8) is 0 Å². The highest BCUT2D eigenvalue weighted by Crippen LogP contribution is 2.38. The molecule has 0 aromatic carbocycles. The van der Waals surface area contributed by atoms with Crippen LogP contribution in [0.4, 0.5) is 0 Å². The van der Waals surface area contributed by atoms with E-state index in [4.69, 9.17) is 18.5 Å². The summed E-state index contributed by atoms with van der Waals surface area (Å²) in [6, 6.07) is 0. The molecule has 0 fully saturated rings. The van der Waals surface area contributed by atoms with Crippen LogP contribution >= 0.6 is 7.82 Å². The Morgan fingerprint density at radius 2 is 0.672 bits per heavy atom. The van der Waals surface area contributed by atoms with Crippen molar-refractivity contribution in [1.29, 1.82) is 0 Å². The van der Waals surface area contributed by atoms with Crippen LogP contribution in [0.1, 0.15) is 303 Å². The zero-order valence-corrected chi connectivity index (χ0v) is 46.3. The number of unbranched alkanes of at least 4 members (excludes halogenated alkanes) is 41. The Hall–Kier alpha value is -0.990. The maximum atomic E-state index is 12.8. The molecule has 400 valence electrons. The summed E-state index contributed by atoms with van der Waals surface area (Å²) in [5.41, 5.74) is 0. The molecule has 0 amide bonds. The van der Waals surface area contributed by atoms with Gasteiger partial charge < -0.3 is 27.9 Å². The standard InChI is InChI=1S/C57H114NO8P/c1-6-8-10-12-14-16-18-20-22-24-26-28-30-32-34-36-38-40-42-44-46-48-50-57(60)66-55(54-65-67(61,62)64-52-51-58(3,4)5)53-63-56(59)49-47-45-43-41-39-37-35-33-31-29-27-25-23-21-19-17-15-13-11-9-7-2/h55H,6-54H2,1-5H3/t55-/m1/s1. The minimum Gasteiger partial charge on any atom is -0.756 e. The molecule has 0 spiro atoms. The first-order valence-corrected chi connectivity index (χ1v) is 30.7. The number of esters is 2. The number of phosphoric ester groups is 1. The fourth-order valence-electron chi connectivity index (χ4n) is 8.84. The van der Waals surface area contributed by atoms with Gasteiger partial charge in [0.15, 0.2) is 6.10 Å². The number of carbonyl (C=O) groups is 2. The van der Waals surface area contributed by atoms with Gasteiger partial charge in [-0.2, -0.15) is 0 Å². The average molecular weight is 973 g/mol. The molecule has 67 heavy (non-hydrogen) atoms. The predicted molar refractivity (Wildman–Crippen MR) is 282 cm³/mol. The van der Waals surface area contributed by atoms with Crippen LogP contribution < -0.4 is 4.89 Å². The predicted octanol–water partition coefficient (Wildman–Crippen LogP) is 17.2. The third-order valence-corrected chi connectivity index (χ3v) is 14.3. The zero-order valence-electron chi connectivity index (χ0n) is 45.4. The number of hydrogen-bond donors (Lipinski definition) is 0. The van der Waals surface area contributed by atoms with E-state index in [0.29, 0.717) is 17.4 Å².